The number of nitrogens with zero attached hydrogens (tertiary/aromatic N) is 2. The monoisotopic (exact) mass is 347 g/mol. The lowest BCUT2D eigenvalue weighted by molar-refractivity contribution is -0.144. The number of aliphatic carboxylic acids is 1. The molecular weight excluding hydrogens is 322 g/mol. The van der Waals surface area contributed by atoms with Gasteiger partial charge in [0.1, 0.15) is 5.92 Å². The van der Waals surface area contributed by atoms with Gasteiger partial charge in [-0.15, -0.1) is 0 Å². The number of amides is 2. The Hall–Kier alpha value is -2.41. The van der Waals surface area contributed by atoms with Crippen LogP contribution in [0.2, 0.25) is 0 Å². The number of carbonyl (C=O) groups is 3. The molecule has 0 spiro atoms. The van der Waals surface area contributed by atoms with Gasteiger partial charge < -0.3 is 20.2 Å². The van der Waals surface area contributed by atoms with E-state index in [1.165, 1.54) is 6.92 Å². The molecule has 2 N–H and O–H groups in total. The van der Waals surface area contributed by atoms with Crippen LogP contribution in [0.3, 0.4) is 0 Å². The molecule has 1 saturated heterocycles. The van der Waals surface area contributed by atoms with Crippen LogP contribution in [0.1, 0.15) is 19.4 Å². The Morgan fingerprint density at radius 1 is 1.12 bits per heavy atom. The molecule has 1 aliphatic rings. The van der Waals surface area contributed by atoms with E-state index in [0.29, 0.717) is 12.1 Å². The van der Waals surface area contributed by atoms with E-state index >= 15 is 0 Å². The van der Waals surface area contributed by atoms with Crippen molar-refractivity contribution in [3.05, 3.63) is 29.8 Å². The van der Waals surface area contributed by atoms with Crippen molar-refractivity contribution in [2.45, 2.75) is 20.3 Å². The van der Waals surface area contributed by atoms with Gasteiger partial charge in [0.15, 0.2) is 0 Å². The summed E-state index contributed by atoms with van der Waals surface area (Å²) in [6.45, 7) is 7.81. The second-order valence-electron chi connectivity index (χ2n) is 6.24. The second-order valence-corrected chi connectivity index (χ2v) is 6.24. The first kappa shape index (κ1) is 18.9. The van der Waals surface area contributed by atoms with Crippen molar-refractivity contribution in [1.82, 2.24) is 9.80 Å². The van der Waals surface area contributed by atoms with Gasteiger partial charge in [0.2, 0.25) is 11.8 Å². The molecule has 7 heteroatoms. The van der Waals surface area contributed by atoms with E-state index < -0.39 is 17.8 Å². The summed E-state index contributed by atoms with van der Waals surface area (Å²) in [6.07, 6.45) is 0.325. The summed E-state index contributed by atoms with van der Waals surface area (Å²) in [5.41, 5.74) is 1.39. The fourth-order valence-electron chi connectivity index (χ4n) is 2.67. The fourth-order valence-corrected chi connectivity index (χ4v) is 2.67. The molecule has 1 atom stereocenters. The lowest BCUT2D eigenvalue weighted by atomic mass is 10.1. The van der Waals surface area contributed by atoms with Crippen molar-refractivity contribution in [3.63, 3.8) is 0 Å². The van der Waals surface area contributed by atoms with E-state index in [-0.39, 0.29) is 5.91 Å². The van der Waals surface area contributed by atoms with E-state index in [4.69, 9.17) is 5.11 Å². The molecule has 0 saturated carbocycles. The maximum absolute atomic E-state index is 12.4. The van der Waals surface area contributed by atoms with Crippen LogP contribution < -0.4 is 5.32 Å². The molecule has 1 heterocycles. The Bertz CT molecular complexity index is 622. The molecule has 0 bridgehead atoms. The summed E-state index contributed by atoms with van der Waals surface area (Å²) >= 11 is 0. The highest BCUT2D eigenvalue weighted by Crippen LogP contribution is 2.13. The summed E-state index contributed by atoms with van der Waals surface area (Å²) in [6, 6.07) is 6.93. The van der Waals surface area contributed by atoms with Crippen molar-refractivity contribution in [2.75, 3.05) is 38.0 Å². The molecule has 7 nitrogen and oxygen atoms in total. The normalized spacial score (nSPS) is 16.3. The Kier molecular flexibility index (Phi) is 6.52. The molecule has 1 aromatic carbocycles. The third-order valence-electron chi connectivity index (χ3n) is 4.51. The maximum Gasteiger partial charge on any atom is 0.315 e. The van der Waals surface area contributed by atoms with Gasteiger partial charge in [-0.05, 0) is 31.2 Å². The van der Waals surface area contributed by atoms with Crippen molar-refractivity contribution in [2.24, 2.45) is 5.92 Å². The second kappa shape index (κ2) is 8.62. The number of rotatable bonds is 6. The third-order valence-corrected chi connectivity index (χ3v) is 4.51. The minimum Gasteiger partial charge on any atom is -0.481 e. The van der Waals surface area contributed by atoms with Crippen LogP contribution in [0.25, 0.3) is 0 Å². The van der Waals surface area contributed by atoms with Crippen LogP contribution in [0.15, 0.2) is 24.3 Å². The number of anilines is 1. The Morgan fingerprint density at radius 2 is 1.72 bits per heavy atom. The zero-order valence-electron chi connectivity index (χ0n) is 14.7. The van der Waals surface area contributed by atoms with E-state index in [9.17, 15) is 14.4 Å². The molecule has 1 aromatic rings. The smallest absolute Gasteiger partial charge is 0.315 e. The lowest BCUT2D eigenvalue weighted by Crippen LogP contribution is -2.48. The molecule has 2 amide bonds. The van der Waals surface area contributed by atoms with Gasteiger partial charge >= 0.3 is 5.97 Å². The van der Waals surface area contributed by atoms with Crippen LogP contribution >= 0.6 is 0 Å². The molecule has 25 heavy (non-hydrogen) atoms. The summed E-state index contributed by atoms with van der Waals surface area (Å²) in [7, 11) is 0. The number of likely N-dealkylation sites (N-methyl/N-ethyl adjacent to an activating group) is 1. The van der Waals surface area contributed by atoms with Gasteiger partial charge in [-0.3, -0.25) is 14.4 Å². The van der Waals surface area contributed by atoms with Crippen molar-refractivity contribution >= 4 is 23.5 Å². The van der Waals surface area contributed by atoms with Crippen LogP contribution in [-0.2, 0) is 20.8 Å². The van der Waals surface area contributed by atoms with Crippen LogP contribution in [-0.4, -0.2) is 65.4 Å². The Morgan fingerprint density at radius 3 is 2.24 bits per heavy atom. The maximum atomic E-state index is 12.4. The number of hydrogen-bond acceptors (Lipinski definition) is 4. The highest BCUT2D eigenvalue weighted by Gasteiger charge is 2.21. The number of hydrogen-bond donors (Lipinski definition) is 2. The average Bonchev–Trinajstić information content (AvgIpc) is 2.62. The highest BCUT2D eigenvalue weighted by molar-refractivity contribution is 6.03. The Labute approximate surface area is 147 Å². The number of benzene rings is 1. The van der Waals surface area contributed by atoms with E-state index in [1.54, 1.807) is 24.3 Å². The first-order valence-electron chi connectivity index (χ1n) is 8.53. The first-order chi connectivity index (χ1) is 11.9. The summed E-state index contributed by atoms with van der Waals surface area (Å²) < 4.78 is 0. The van der Waals surface area contributed by atoms with Crippen LogP contribution in [0.5, 0.6) is 0 Å². The molecule has 0 aromatic heterocycles. The summed E-state index contributed by atoms with van der Waals surface area (Å²) in [5.74, 6) is -2.73. The number of carboxylic acid groups (broad SMARTS) is 1. The quantitative estimate of drug-likeness (QED) is 0.751. The number of nitrogens with one attached hydrogen (secondary N) is 1. The van der Waals surface area contributed by atoms with E-state index in [1.807, 2.05) is 4.90 Å². The summed E-state index contributed by atoms with van der Waals surface area (Å²) in [5, 5.41) is 11.4. The van der Waals surface area contributed by atoms with Crippen molar-refractivity contribution in [3.8, 4) is 0 Å². The van der Waals surface area contributed by atoms with Gasteiger partial charge in [0, 0.05) is 31.9 Å². The zero-order chi connectivity index (χ0) is 18.4. The van der Waals surface area contributed by atoms with Crippen molar-refractivity contribution < 1.29 is 19.5 Å². The third kappa shape index (κ3) is 5.29. The largest absolute Gasteiger partial charge is 0.481 e. The lowest BCUT2D eigenvalue weighted by Gasteiger charge is -2.34. The van der Waals surface area contributed by atoms with Gasteiger partial charge in [-0.1, -0.05) is 19.1 Å². The molecule has 136 valence electrons. The standard InChI is InChI=1S/C18H25N3O4/c1-3-20-8-10-21(11-9-20)16(22)12-14-4-6-15(7-5-14)19-17(23)13(2)18(24)25/h4-7,13H,3,8-12H2,1-2H3,(H,19,23)(H,24,25). The minimum atomic E-state index is -1.16. The van der Waals surface area contributed by atoms with E-state index in [2.05, 4.69) is 17.1 Å². The van der Waals surface area contributed by atoms with Gasteiger partial charge in [-0.2, -0.15) is 0 Å². The predicted molar refractivity (Wildman–Crippen MR) is 94.3 cm³/mol. The topological polar surface area (TPSA) is 90.0 Å². The highest BCUT2D eigenvalue weighted by atomic mass is 16.4. The first-order valence-corrected chi connectivity index (χ1v) is 8.53. The fraction of sp³-hybridized carbons (Fsp3) is 0.500. The minimum absolute atomic E-state index is 0.104. The molecular formula is C18H25N3O4. The number of piperazine rings is 1. The predicted octanol–water partition coefficient (Wildman–Crippen LogP) is 1.05. The van der Waals surface area contributed by atoms with Crippen molar-refractivity contribution in [1.29, 1.82) is 0 Å². The molecule has 1 aliphatic heterocycles. The molecule has 0 aliphatic carbocycles. The molecule has 1 unspecified atom stereocenters. The number of carboxylic acids is 1. The van der Waals surface area contributed by atoms with Crippen LogP contribution in [0, 0.1) is 5.92 Å². The van der Waals surface area contributed by atoms with Crippen LogP contribution in [0.4, 0.5) is 5.69 Å². The van der Waals surface area contributed by atoms with Gasteiger partial charge in [-0.25, -0.2) is 0 Å². The van der Waals surface area contributed by atoms with Gasteiger partial charge in [0.25, 0.3) is 0 Å². The molecule has 2 rings (SSSR count). The molecule has 0 radical (unpaired) electrons. The van der Waals surface area contributed by atoms with Gasteiger partial charge in [0.05, 0.1) is 6.42 Å². The Balaban J connectivity index is 1.87. The number of carbonyl (C=O) groups excluding carboxylic acids is 2. The van der Waals surface area contributed by atoms with E-state index in [0.717, 1.165) is 38.3 Å². The molecule has 1 fully saturated rings. The zero-order valence-corrected chi connectivity index (χ0v) is 14.7. The SMILES string of the molecule is CCN1CCN(C(=O)Cc2ccc(NC(=O)C(C)C(=O)O)cc2)CC1. The average molecular weight is 347 g/mol. The summed E-state index contributed by atoms with van der Waals surface area (Å²) in [4.78, 5) is 39.1.